The van der Waals surface area contributed by atoms with Crippen LogP contribution in [0, 0.1) is 10.1 Å². The zero-order chi connectivity index (χ0) is 14.4. The third-order valence-corrected chi connectivity index (χ3v) is 2.53. The molecular formula is C12H12ClNO5. The Hall–Kier alpha value is -2.08. The molecule has 0 spiro atoms. The van der Waals surface area contributed by atoms with E-state index in [9.17, 15) is 14.9 Å². The number of ether oxygens (including phenoxy) is 1. The van der Waals surface area contributed by atoms with Crippen molar-refractivity contribution in [1.29, 1.82) is 0 Å². The molecule has 0 aliphatic rings. The van der Waals surface area contributed by atoms with Crippen molar-refractivity contribution < 1.29 is 19.6 Å². The van der Waals surface area contributed by atoms with Crippen molar-refractivity contribution in [2.24, 2.45) is 0 Å². The molecule has 0 aromatic heterocycles. The average Bonchev–Trinajstić information content (AvgIpc) is 2.34. The predicted molar refractivity (Wildman–Crippen MR) is 69.8 cm³/mol. The third kappa shape index (κ3) is 4.59. The second-order valence-electron chi connectivity index (χ2n) is 3.62. The van der Waals surface area contributed by atoms with E-state index in [2.05, 4.69) is 0 Å². The summed E-state index contributed by atoms with van der Waals surface area (Å²) < 4.78 is 4.95. The van der Waals surface area contributed by atoms with Crippen LogP contribution in [0.25, 0.3) is 6.08 Å². The van der Waals surface area contributed by atoms with Gasteiger partial charge in [-0.05, 0) is 17.7 Å². The van der Waals surface area contributed by atoms with E-state index in [0.717, 1.165) is 0 Å². The lowest BCUT2D eigenvalue weighted by atomic mass is 10.1. The van der Waals surface area contributed by atoms with E-state index >= 15 is 0 Å². The molecular weight excluding hydrogens is 274 g/mol. The quantitative estimate of drug-likeness (QED) is 0.641. The van der Waals surface area contributed by atoms with Crippen LogP contribution < -0.4 is 4.74 Å². The molecule has 0 amide bonds. The minimum Gasteiger partial charge on any atom is -0.480 e. The smallest absolute Gasteiger partial charge is 0.341 e. The fourth-order valence-electron chi connectivity index (χ4n) is 1.34. The summed E-state index contributed by atoms with van der Waals surface area (Å²) in [4.78, 5) is 20.6. The van der Waals surface area contributed by atoms with Crippen LogP contribution in [-0.4, -0.2) is 22.6 Å². The number of hydrogen-bond donors (Lipinski definition) is 1. The summed E-state index contributed by atoms with van der Waals surface area (Å²) in [6.07, 6.45) is 1.70. The highest BCUT2D eigenvalue weighted by molar-refractivity contribution is 6.32. The number of carbonyl (C=O) groups is 1. The first-order chi connectivity index (χ1) is 8.93. The molecule has 0 atom stereocenters. The van der Waals surface area contributed by atoms with Gasteiger partial charge in [0.15, 0.2) is 6.61 Å². The summed E-state index contributed by atoms with van der Waals surface area (Å²) in [6, 6.07) is 4.53. The summed E-state index contributed by atoms with van der Waals surface area (Å²) >= 11 is 5.90. The van der Waals surface area contributed by atoms with Crippen molar-refractivity contribution in [2.45, 2.75) is 13.3 Å². The van der Waals surface area contributed by atoms with E-state index in [-0.39, 0.29) is 16.5 Å². The van der Waals surface area contributed by atoms with Gasteiger partial charge in [-0.3, -0.25) is 10.1 Å². The van der Waals surface area contributed by atoms with Crippen molar-refractivity contribution in [3.05, 3.63) is 44.6 Å². The van der Waals surface area contributed by atoms with E-state index in [1.165, 1.54) is 18.2 Å². The molecule has 1 aromatic carbocycles. The van der Waals surface area contributed by atoms with Crippen molar-refractivity contribution in [3.8, 4) is 5.75 Å². The van der Waals surface area contributed by atoms with Crippen molar-refractivity contribution in [3.63, 3.8) is 0 Å². The molecule has 0 heterocycles. The molecule has 1 rings (SSSR count). The topological polar surface area (TPSA) is 89.7 Å². The van der Waals surface area contributed by atoms with Crippen molar-refractivity contribution in [1.82, 2.24) is 0 Å². The van der Waals surface area contributed by atoms with Crippen LogP contribution >= 0.6 is 11.6 Å². The zero-order valence-electron chi connectivity index (χ0n) is 10.1. The number of carboxylic acids is 1. The van der Waals surface area contributed by atoms with Gasteiger partial charge in [0.25, 0.3) is 0 Å². The van der Waals surface area contributed by atoms with Gasteiger partial charge < -0.3 is 9.84 Å². The number of allylic oxidation sites excluding steroid dienone is 1. The van der Waals surface area contributed by atoms with Gasteiger partial charge in [0.2, 0.25) is 5.70 Å². The SMILES string of the molecule is CCC(=Cc1ccc(OCC(=O)O)c(Cl)c1)[N+](=O)[O-]. The van der Waals surface area contributed by atoms with Crippen LogP contribution in [0.5, 0.6) is 5.75 Å². The Labute approximate surface area is 114 Å². The molecule has 0 saturated carbocycles. The third-order valence-electron chi connectivity index (χ3n) is 2.24. The van der Waals surface area contributed by atoms with Gasteiger partial charge in [-0.1, -0.05) is 24.6 Å². The normalized spacial score (nSPS) is 11.2. The number of nitro groups is 1. The molecule has 1 N–H and O–H groups in total. The summed E-state index contributed by atoms with van der Waals surface area (Å²) in [5.41, 5.74) is 0.622. The van der Waals surface area contributed by atoms with E-state index in [1.807, 2.05) is 0 Å². The van der Waals surface area contributed by atoms with E-state index in [4.69, 9.17) is 21.4 Å². The number of carboxylic acid groups (broad SMARTS) is 1. The molecule has 0 bridgehead atoms. The number of hydrogen-bond acceptors (Lipinski definition) is 4. The Morgan fingerprint density at radius 1 is 1.58 bits per heavy atom. The molecule has 7 heteroatoms. The highest BCUT2D eigenvalue weighted by atomic mass is 35.5. The van der Waals surface area contributed by atoms with Gasteiger partial charge in [0.05, 0.1) is 9.95 Å². The predicted octanol–water partition coefficient (Wildman–Crippen LogP) is 2.83. The van der Waals surface area contributed by atoms with E-state index < -0.39 is 17.5 Å². The first-order valence-corrected chi connectivity index (χ1v) is 5.81. The van der Waals surface area contributed by atoms with Crippen LogP contribution in [0.15, 0.2) is 23.9 Å². The second kappa shape index (κ2) is 6.75. The molecule has 0 aliphatic heterocycles. The maximum Gasteiger partial charge on any atom is 0.341 e. The fourth-order valence-corrected chi connectivity index (χ4v) is 1.58. The fraction of sp³-hybridized carbons (Fsp3) is 0.250. The Balaban J connectivity index is 2.93. The Kier molecular flexibility index (Phi) is 5.32. The Bertz CT molecular complexity index is 527. The van der Waals surface area contributed by atoms with Crippen LogP contribution in [0.4, 0.5) is 0 Å². The molecule has 6 nitrogen and oxygen atoms in total. The average molecular weight is 286 g/mol. The molecule has 0 saturated heterocycles. The standard InChI is InChI=1S/C12H12ClNO5/c1-2-9(14(17)18)5-8-3-4-11(10(13)6-8)19-7-12(15)16/h3-6H,2,7H2,1H3,(H,15,16). The minimum absolute atomic E-state index is 0.0651. The number of aliphatic carboxylic acids is 1. The van der Waals surface area contributed by atoms with Crippen LogP contribution in [0.1, 0.15) is 18.9 Å². The van der Waals surface area contributed by atoms with Gasteiger partial charge in [0.1, 0.15) is 5.75 Å². The first-order valence-electron chi connectivity index (χ1n) is 5.43. The highest BCUT2D eigenvalue weighted by Gasteiger charge is 2.09. The first kappa shape index (κ1) is 15.0. The minimum atomic E-state index is -1.11. The molecule has 0 radical (unpaired) electrons. The summed E-state index contributed by atoms with van der Waals surface area (Å²) in [5, 5.41) is 19.4. The lowest BCUT2D eigenvalue weighted by molar-refractivity contribution is -0.425. The van der Waals surface area contributed by atoms with E-state index in [1.54, 1.807) is 13.0 Å². The molecule has 19 heavy (non-hydrogen) atoms. The monoisotopic (exact) mass is 285 g/mol. The number of benzene rings is 1. The molecule has 1 aromatic rings. The number of rotatable bonds is 6. The summed E-state index contributed by atoms with van der Waals surface area (Å²) in [5.74, 6) is -0.887. The molecule has 0 fully saturated rings. The Morgan fingerprint density at radius 2 is 2.26 bits per heavy atom. The maximum atomic E-state index is 10.7. The lowest BCUT2D eigenvalue weighted by Crippen LogP contribution is -2.09. The molecule has 0 aliphatic carbocycles. The van der Waals surface area contributed by atoms with Crippen LogP contribution in [0.3, 0.4) is 0 Å². The lowest BCUT2D eigenvalue weighted by Gasteiger charge is -2.06. The van der Waals surface area contributed by atoms with Crippen molar-refractivity contribution >= 4 is 23.6 Å². The number of nitrogens with zero attached hydrogens (tertiary/aromatic N) is 1. The van der Waals surface area contributed by atoms with Crippen LogP contribution in [0.2, 0.25) is 5.02 Å². The van der Waals surface area contributed by atoms with Gasteiger partial charge in [0, 0.05) is 12.5 Å². The highest BCUT2D eigenvalue weighted by Crippen LogP contribution is 2.26. The second-order valence-corrected chi connectivity index (χ2v) is 4.03. The maximum absolute atomic E-state index is 10.7. The van der Waals surface area contributed by atoms with E-state index in [0.29, 0.717) is 12.0 Å². The summed E-state index contributed by atoms with van der Waals surface area (Å²) in [6.45, 7) is 1.19. The molecule has 0 unspecified atom stereocenters. The van der Waals surface area contributed by atoms with Crippen molar-refractivity contribution in [2.75, 3.05) is 6.61 Å². The Morgan fingerprint density at radius 3 is 2.74 bits per heavy atom. The zero-order valence-corrected chi connectivity index (χ0v) is 10.9. The van der Waals surface area contributed by atoms with Gasteiger partial charge >= 0.3 is 5.97 Å². The van der Waals surface area contributed by atoms with Crippen LogP contribution in [-0.2, 0) is 4.79 Å². The number of halogens is 1. The largest absolute Gasteiger partial charge is 0.480 e. The molecule has 102 valence electrons. The van der Waals surface area contributed by atoms with Gasteiger partial charge in [-0.15, -0.1) is 0 Å². The van der Waals surface area contributed by atoms with Gasteiger partial charge in [-0.2, -0.15) is 0 Å². The summed E-state index contributed by atoms with van der Waals surface area (Å²) in [7, 11) is 0. The van der Waals surface area contributed by atoms with Gasteiger partial charge in [-0.25, -0.2) is 4.79 Å².